The lowest BCUT2D eigenvalue weighted by atomic mass is 10.2. The molecular weight excluding hydrogens is 260 g/mol. The Bertz CT molecular complexity index is 584. The molecule has 98 valence electrons. The molecule has 2 aromatic rings. The lowest BCUT2D eigenvalue weighted by molar-refractivity contribution is 0.102. The van der Waals surface area contributed by atoms with Crippen LogP contribution in [-0.2, 0) is 12.8 Å². The number of benzene rings is 1. The van der Waals surface area contributed by atoms with Gasteiger partial charge in [0.05, 0.1) is 5.69 Å². The number of hydrogen-bond acceptors (Lipinski definition) is 5. The number of hydrazine groups is 1. The summed E-state index contributed by atoms with van der Waals surface area (Å²) in [6, 6.07) is 6.98. The Morgan fingerprint density at radius 3 is 2.74 bits per heavy atom. The van der Waals surface area contributed by atoms with Crippen molar-refractivity contribution in [2.45, 2.75) is 19.3 Å². The Hall–Kier alpha value is -1.92. The van der Waals surface area contributed by atoms with Crippen LogP contribution in [0.3, 0.4) is 0 Å². The molecule has 19 heavy (non-hydrogen) atoms. The summed E-state index contributed by atoms with van der Waals surface area (Å²) < 4.78 is 0. The number of amides is 1. The van der Waals surface area contributed by atoms with Crippen molar-refractivity contribution in [3.63, 3.8) is 0 Å². The van der Waals surface area contributed by atoms with Gasteiger partial charge in [0, 0.05) is 16.1 Å². The number of nitrogens with zero attached hydrogens (tertiary/aromatic N) is 1. The van der Waals surface area contributed by atoms with Crippen LogP contribution >= 0.6 is 11.3 Å². The summed E-state index contributed by atoms with van der Waals surface area (Å²) in [6.45, 7) is 0. The summed E-state index contributed by atoms with van der Waals surface area (Å²) in [5, 5.41) is 3.53. The average molecular weight is 274 g/mol. The minimum Gasteiger partial charge on any atom is -0.324 e. The third kappa shape index (κ3) is 2.45. The molecule has 0 unspecified atom stereocenters. The first-order valence-electron chi connectivity index (χ1n) is 6.13. The predicted molar refractivity (Wildman–Crippen MR) is 76.3 cm³/mol. The van der Waals surface area contributed by atoms with Gasteiger partial charge in [0.25, 0.3) is 5.91 Å². The highest BCUT2D eigenvalue weighted by Gasteiger charge is 2.18. The van der Waals surface area contributed by atoms with Crippen molar-refractivity contribution in [1.82, 2.24) is 4.98 Å². The monoisotopic (exact) mass is 274 g/mol. The van der Waals surface area contributed by atoms with Gasteiger partial charge in [-0.3, -0.25) is 16.0 Å². The molecule has 3 rings (SSSR count). The second-order valence-electron chi connectivity index (χ2n) is 4.42. The summed E-state index contributed by atoms with van der Waals surface area (Å²) >= 11 is 1.58. The highest BCUT2D eigenvalue weighted by molar-refractivity contribution is 7.15. The van der Waals surface area contributed by atoms with Crippen LogP contribution in [0, 0.1) is 0 Å². The molecule has 5 nitrogen and oxygen atoms in total. The molecule has 1 heterocycles. The smallest absolute Gasteiger partial charge is 0.257 e. The summed E-state index contributed by atoms with van der Waals surface area (Å²) in [5.41, 5.74) is 5.03. The SMILES string of the molecule is NNc1ccc(C(=O)Nc2nc3c(s2)CCC3)cc1. The predicted octanol–water partition coefficient (Wildman–Crippen LogP) is 2.17. The van der Waals surface area contributed by atoms with Crippen LogP contribution in [0.4, 0.5) is 10.8 Å². The molecule has 0 radical (unpaired) electrons. The molecule has 0 fully saturated rings. The van der Waals surface area contributed by atoms with Crippen LogP contribution in [-0.4, -0.2) is 10.9 Å². The first-order valence-corrected chi connectivity index (χ1v) is 6.94. The molecule has 0 atom stereocenters. The zero-order chi connectivity index (χ0) is 13.2. The highest BCUT2D eigenvalue weighted by atomic mass is 32.1. The molecular formula is C13H14N4OS. The number of hydrogen-bond donors (Lipinski definition) is 3. The molecule has 6 heteroatoms. The van der Waals surface area contributed by atoms with Crippen LogP contribution in [0.1, 0.15) is 27.3 Å². The molecule has 0 bridgehead atoms. The molecule has 1 aromatic heterocycles. The first kappa shape index (κ1) is 12.1. The van der Waals surface area contributed by atoms with E-state index in [2.05, 4.69) is 15.7 Å². The van der Waals surface area contributed by atoms with Crippen molar-refractivity contribution in [2.24, 2.45) is 5.84 Å². The molecule has 1 aliphatic rings. The third-order valence-corrected chi connectivity index (χ3v) is 4.20. The van der Waals surface area contributed by atoms with E-state index in [1.54, 1.807) is 35.6 Å². The van der Waals surface area contributed by atoms with E-state index in [9.17, 15) is 4.79 Å². The molecule has 0 spiro atoms. The van der Waals surface area contributed by atoms with Gasteiger partial charge in [0.15, 0.2) is 5.13 Å². The van der Waals surface area contributed by atoms with Gasteiger partial charge >= 0.3 is 0 Å². The summed E-state index contributed by atoms with van der Waals surface area (Å²) in [7, 11) is 0. The van der Waals surface area contributed by atoms with Crippen molar-refractivity contribution in [2.75, 3.05) is 10.7 Å². The Labute approximate surface area is 114 Å². The number of thiazole rings is 1. The van der Waals surface area contributed by atoms with Crippen molar-refractivity contribution in [3.05, 3.63) is 40.4 Å². The molecule has 1 aromatic carbocycles. The zero-order valence-electron chi connectivity index (χ0n) is 10.3. The number of rotatable bonds is 3. The Morgan fingerprint density at radius 2 is 2.05 bits per heavy atom. The fourth-order valence-corrected chi connectivity index (χ4v) is 3.18. The molecule has 0 aliphatic heterocycles. The Kier molecular flexibility index (Phi) is 3.18. The van der Waals surface area contributed by atoms with Crippen LogP contribution < -0.4 is 16.6 Å². The maximum absolute atomic E-state index is 12.0. The van der Waals surface area contributed by atoms with Gasteiger partial charge in [-0.2, -0.15) is 0 Å². The van der Waals surface area contributed by atoms with Crippen LogP contribution in [0.25, 0.3) is 0 Å². The number of nitrogens with one attached hydrogen (secondary N) is 2. The topological polar surface area (TPSA) is 80.0 Å². The number of carbonyl (C=O) groups excluding carboxylic acids is 1. The van der Waals surface area contributed by atoms with E-state index in [-0.39, 0.29) is 5.91 Å². The fraction of sp³-hybridized carbons (Fsp3) is 0.231. The number of carbonyl (C=O) groups is 1. The number of aryl methyl sites for hydroxylation is 2. The summed E-state index contributed by atoms with van der Waals surface area (Å²) in [4.78, 5) is 17.8. The maximum Gasteiger partial charge on any atom is 0.257 e. The largest absolute Gasteiger partial charge is 0.324 e. The van der Waals surface area contributed by atoms with Crippen LogP contribution in [0.15, 0.2) is 24.3 Å². The number of fused-ring (bicyclic) bond motifs is 1. The normalized spacial score (nSPS) is 13.1. The standard InChI is InChI=1S/C13H14N4OS/c14-17-9-6-4-8(5-7-9)12(18)16-13-15-10-2-1-3-11(10)19-13/h4-7,17H,1-3,14H2,(H,15,16,18). The Morgan fingerprint density at radius 1 is 1.26 bits per heavy atom. The van der Waals surface area contributed by atoms with Gasteiger partial charge in [-0.1, -0.05) is 0 Å². The van der Waals surface area contributed by atoms with Gasteiger partial charge in [-0.25, -0.2) is 4.98 Å². The lowest BCUT2D eigenvalue weighted by Crippen LogP contribution is -2.12. The van der Waals surface area contributed by atoms with E-state index in [1.807, 2.05) is 0 Å². The molecule has 0 saturated heterocycles. The quantitative estimate of drug-likeness (QED) is 0.592. The second-order valence-corrected chi connectivity index (χ2v) is 5.50. The van der Waals surface area contributed by atoms with Crippen molar-refractivity contribution in [1.29, 1.82) is 0 Å². The molecule has 4 N–H and O–H groups in total. The van der Waals surface area contributed by atoms with Crippen LogP contribution in [0.2, 0.25) is 0 Å². The van der Waals surface area contributed by atoms with E-state index >= 15 is 0 Å². The number of nitrogens with two attached hydrogens (primary N) is 1. The van der Waals surface area contributed by atoms with Crippen molar-refractivity contribution >= 4 is 28.1 Å². The van der Waals surface area contributed by atoms with Gasteiger partial charge < -0.3 is 5.43 Å². The minimum absolute atomic E-state index is 0.143. The maximum atomic E-state index is 12.0. The lowest BCUT2D eigenvalue weighted by Gasteiger charge is -2.03. The fourth-order valence-electron chi connectivity index (χ4n) is 2.13. The van der Waals surface area contributed by atoms with E-state index in [0.717, 1.165) is 24.2 Å². The molecule has 1 aliphatic carbocycles. The highest BCUT2D eigenvalue weighted by Crippen LogP contribution is 2.30. The number of nitrogen functional groups attached to an aromatic ring is 1. The van der Waals surface area contributed by atoms with Gasteiger partial charge in [-0.05, 0) is 43.5 Å². The van der Waals surface area contributed by atoms with E-state index < -0.39 is 0 Å². The van der Waals surface area contributed by atoms with Crippen molar-refractivity contribution < 1.29 is 4.79 Å². The van der Waals surface area contributed by atoms with Crippen molar-refractivity contribution in [3.8, 4) is 0 Å². The van der Waals surface area contributed by atoms with E-state index in [4.69, 9.17) is 5.84 Å². The Balaban J connectivity index is 1.72. The third-order valence-electron chi connectivity index (χ3n) is 3.13. The zero-order valence-corrected chi connectivity index (χ0v) is 11.1. The van der Waals surface area contributed by atoms with Gasteiger partial charge in [0.2, 0.25) is 0 Å². The summed E-state index contributed by atoms with van der Waals surface area (Å²) in [6.07, 6.45) is 3.29. The number of aromatic nitrogens is 1. The van der Waals surface area contributed by atoms with Crippen LogP contribution in [0.5, 0.6) is 0 Å². The van der Waals surface area contributed by atoms with E-state index in [1.165, 1.54) is 11.3 Å². The number of anilines is 2. The van der Waals surface area contributed by atoms with Gasteiger partial charge in [-0.15, -0.1) is 11.3 Å². The van der Waals surface area contributed by atoms with Gasteiger partial charge in [0.1, 0.15) is 0 Å². The van der Waals surface area contributed by atoms with E-state index in [0.29, 0.717) is 10.7 Å². The molecule has 1 amide bonds. The second kappa shape index (κ2) is 4.99. The summed E-state index contributed by atoms with van der Waals surface area (Å²) in [5.74, 6) is 5.14. The average Bonchev–Trinajstić information content (AvgIpc) is 2.99. The first-order chi connectivity index (χ1) is 9.26. The minimum atomic E-state index is -0.143. The molecule has 0 saturated carbocycles.